The summed E-state index contributed by atoms with van der Waals surface area (Å²) in [7, 11) is 0. The van der Waals surface area contributed by atoms with Crippen molar-refractivity contribution < 1.29 is 14.3 Å². The van der Waals surface area contributed by atoms with Crippen molar-refractivity contribution in [2.45, 2.75) is 18.4 Å². The van der Waals surface area contributed by atoms with Crippen molar-refractivity contribution in [1.29, 1.82) is 5.26 Å². The predicted octanol–water partition coefficient (Wildman–Crippen LogP) is 0.679. The van der Waals surface area contributed by atoms with Gasteiger partial charge in [0.1, 0.15) is 6.61 Å². The predicted molar refractivity (Wildman–Crippen MR) is 78.0 cm³/mol. The first kappa shape index (κ1) is 14.5. The molecule has 2 saturated heterocycles. The molecule has 0 aliphatic carbocycles. The van der Waals surface area contributed by atoms with Crippen LogP contribution in [0.5, 0.6) is 0 Å². The van der Waals surface area contributed by atoms with E-state index in [2.05, 4.69) is 5.32 Å². The number of ether oxygens (including phenoxy) is 1. The maximum atomic E-state index is 12.5. The van der Waals surface area contributed by atoms with Gasteiger partial charge in [-0.05, 0) is 37.1 Å². The number of piperidine rings is 1. The molecule has 0 unspecified atom stereocenters. The molecule has 0 radical (unpaired) electrons. The van der Waals surface area contributed by atoms with Gasteiger partial charge < -0.3 is 15.0 Å². The van der Waals surface area contributed by atoms with E-state index in [1.165, 1.54) is 0 Å². The molecule has 2 aliphatic rings. The van der Waals surface area contributed by atoms with E-state index in [0.717, 1.165) is 12.8 Å². The highest BCUT2D eigenvalue weighted by Gasteiger charge is 2.39. The summed E-state index contributed by atoms with van der Waals surface area (Å²) in [6.07, 6.45) is 1.44. The Labute approximate surface area is 128 Å². The van der Waals surface area contributed by atoms with E-state index >= 15 is 0 Å². The highest BCUT2D eigenvalue weighted by molar-refractivity contribution is 5.94. The van der Waals surface area contributed by atoms with Gasteiger partial charge >= 0.3 is 0 Å². The van der Waals surface area contributed by atoms with Crippen LogP contribution in [-0.4, -0.2) is 48.6 Å². The van der Waals surface area contributed by atoms with E-state index < -0.39 is 0 Å². The molecule has 3 rings (SSSR count). The molecule has 114 valence electrons. The molecule has 1 N–H and O–H groups in total. The minimum atomic E-state index is -0.324. The summed E-state index contributed by atoms with van der Waals surface area (Å²) < 4.78 is 5.70. The minimum Gasteiger partial charge on any atom is -0.363 e. The van der Waals surface area contributed by atoms with Gasteiger partial charge in [0, 0.05) is 25.2 Å². The number of carbonyl (C=O) groups is 2. The third kappa shape index (κ3) is 2.81. The van der Waals surface area contributed by atoms with Gasteiger partial charge in [0.05, 0.1) is 17.2 Å². The maximum absolute atomic E-state index is 12.5. The number of morpholine rings is 1. The van der Waals surface area contributed by atoms with E-state index in [1.807, 2.05) is 6.07 Å². The first-order chi connectivity index (χ1) is 10.6. The van der Waals surface area contributed by atoms with Crippen LogP contribution in [0.2, 0.25) is 0 Å². The van der Waals surface area contributed by atoms with Gasteiger partial charge in [-0.2, -0.15) is 5.26 Å². The largest absolute Gasteiger partial charge is 0.363 e. The molecule has 0 saturated carbocycles. The topological polar surface area (TPSA) is 82.4 Å². The van der Waals surface area contributed by atoms with Crippen molar-refractivity contribution in [3.05, 3.63) is 35.4 Å². The Morgan fingerprint density at radius 2 is 1.95 bits per heavy atom. The molecule has 2 amide bonds. The second-order valence-electron chi connectivity index (χ2n) is 5.73. The third-order valence-electron chi connectivity index (χ3n) is 4.34. The average Bonchev–Trinajstić information content (AvgIpc) is 2.58. The summed E-state index contributed by atoms with van der Waals surface area (Å²) in [5.74, 6) is -0.110. The molecular formula is C16H17N3O3. The number of amides is 2. The molecule has 2 heterocycles. The quantitative estimate of drug-likeness (QED) is 0.826. The number of hydrogen-bond donors (Lipinski definition) is 1. The van der Waals surface area contributed by atoms with Crippen LogP contribution in [-0.2, 0) is 9.53 Å². The van der Waals surface area contributed by atoms with Crippen molar-refractivity contribution in [3.63, 3.8) is 0 Å². The summed E-state index contributed by atoms with van der Waals surface area (Å²) in [6, 6.07) is 8.71. The second kappa shape index (κ2) is 5.78. The molecule has 22 heavy (non-hydrogen) atoms. The highest BCUT2D eigenvalue weighted by Crippen LogP contribution is 2.28. The maximum Gasteiger partial charge on any atom is 0.253 e. The summed E-state index contributed by atoms with van der Waals surface area (Å²) in [5.41, 5.74) is 0.809. The van der Waals surface area contributed by atoms with E-state index in [-0.39, 0.29) is 24.0 Å². The van der Waals surface area contributed by atoms with Gasteiger partial charge in [0.15, 0.2) is 0 Å². The molecule has 2 aliphatic heterocycles. The van der Waals surface area contributed by atoms with Crippen LogP contribution in [0.4, 0.5) is 0 Å². The monoisotopic (exact) mass is 299 g/mol. The zero-order chi connectivity index (χ0) is 15.6. The van der Waals surface area contributed by atoms with Gasteiger partial charge in [-0.15, -0.1) is 0 Å². The molecule has 0 atom stereocenters. The number of nitrogens with zero attached hydrogens (tertiary/aromatic N) is 2. The summed E-state index contributed by atoms with van der Waals surface area (Å²) in [4.78, 5) is 25.4. The normalized spacial score (nSPS) is 20.3. The molecule has 2 fully saturated rings. The standard InChI is InChI=1S/C16H17N3O3/c17-9-12-1-3-13(4-2-12)15(21)19-7-5-16(6-8-19)11-18-14(20)10-22-16/h1-4H,5-8,10-11H2,(H,18,20). The fourth-order valence-corrected chi connectivity index (χ4v) is 2.89. The number of likely N-dealkylation sites (tertiary alicyclic amines) is 1. The molecule has 1 aromatic carbocycles. The zero-order valence-electron chi connectivity index (χ0n) is 12.2. The zero-order valence-corrected chi connectivity index (χ0v) is 12.2. The van der Waals surface area contributed by atoms with E-state index in [4.69, 9.17) is 10.00 Å². The Hall–Kier alpha value is -2.39. The van der Waals surface area contributed by atoms with E-state index in [0.29, 0.717) is 30.8 Å². The van der Waals surface area contributed by atoms with Crippen LogP contribution in [0.15, 0.2) is 24.3 Å². The van der Waals surface area contributed by atoms with Crippen molar-refractivity contribution >= 4 is 11.8 Å². The van der Waals surface area contributed by atoms with Crippen molar-refractivity contribution in [1.82, 2.24) is 10.2 Å². The third-order valence-corrected chi connectivity index (χ3v) is 4.34. The minimum absolute atomic E-state index is 0.0285. The molecular weight excluding hydrogens is 282 g/mol. The van der Waals surface area contributed by atoms with Crippen LogP contribution < -0.4 is 5.32 Å². The molecule has 6 heteroatoms. The van der Waals surface area contributed by atoms with Crippen molar-refractivity contribution in [3.8, 4) is 6.07 Å². The summed E-state index contributed by atoms with van der Waals surface area (Å²) >= 11 is 0. The van der Waals surface area contributed by atoms with Crippen molar-refractivity contribution in [2.24, 2.45) is 0 Å². The van der Waals surface area contributed by atoms with Gasteiger partial charge in [0.25, 0.3) is 5.91 Å². The number of rotatable bonds is 1. The Balaban J connectivity index is 1.62. The molecule has 0 bridgehead atoms. The molecule has 1 aromatic rings. The van der Waals surface area contributed by atoms with Crippen LogP contribution in [0, 0.1) is 11.3 Å². The second-order valence-corrected chi connectivity index (χ2v) is 5.73. The van der Waals surface area contributed by atoms with Crippen LogP contribution in [0.3, 0.4) is 0 Å². The number of benzene rings is 1. The van der Waals surface area contributed by atoms with Crippen molar-refractivity contribution in [2.75, 3.05) is 26.2 Å². The Kier molecular flexibility index (Phi) is 3.82. The van der Waals surface area contributed by atoms with Gasteiger partial charge in [0.2, 0.25) is 5.91 Å². The number of nitriles is 1. The fraction of sp³-hybridized carbons (Fsp3) is 0.438. The smallest absolute Gasteiger partial charge is 0.253 e. The Bertz CT molecular complexity index is 613. The van der Waals surface area contributed by atoms with Crippen LogP contribution in [0.25, 0.3) is 0 Å². The number of nitrogens with one attached hydrogen (secondary N) is 1. The summed E-state index contributed by atoms with van der Waals surface area (Å²) in [6.45, 7) is 1.83. The lowest BCUT2D eigenvalue weighted by Gasteiger charge is -2.43. The number of hydrogen-bond acceptors (Lipinski definition) is 4. The van der Waals surface area contributed by atoms with Gasteiger partial charge in [-0.25, -0.2) is 0 Å². The lowest BCUT2D eigenvalue weighted by molar-refractivity contribution is -0.149. The van der Waals surface area contributed by atoms with Gasteiger partial charge in [-0.3, -0.25) is 9.59 Å². The SMILES string of the molecule is N#Cc1ccc(C(=O)N2CCC3(CC2)CNC(=O)CO3)cc1. The van der Waals surface area contributed by atoms with E-state index in [9.17, 15) is 9.59 Å². The first-order valence-electron chi connectivity index (χ1n) is 7.32. The fourth-order valence-electron chi connectivity index (χ4n) is 2.89. The molecule has 1 spiro atoms. The highest BCUT2D eigenvalue weighted by atomic mass is 16.5. The number of carbonyl (C=O) groups excluding carboxylic acids is 2. The van der Waals surface area contributed by atoms with Crippen LogP contribution in [0.1, 0.15) is 28.8 Å². The Morgan fingerprint density at radius 3 is 2.50 bits per heavy atom. The first-order valence-corrected chi connectivity index (χ1v) is 7.32. The van der Waals surface area contributed by atoms with Crippen LogP contribution >= 0.6 is 0 Å². The Morgan fingerprint density at radius 1 is 1.27 bits per heavy atom. The lowest BCUT2D eigenvalue weighted by atomic mass is 9.89. The summed E-state index contributed by atoms with van der Waals surface area (Å²) in [5, 5.41) is 11.6. The average molecular weight is 299 g/mol. The lowest BCUT2D eigenvalue weighted by Crippen LogP contribution is -2.58. The molecule has 6 nitrogen and oxygen atoms in total. The molecule has 0 aromatic heterocycles. The van der Waals surface area contributed by atoms with E-state index in [1.54, 1.807) is 29.2 Å². The van der Waals surface area contributed by atoms with Gasteiger partial charge in [-0.1, -0.05) is 0 Å².